The SMILES string of the molecule is CCn1ccnc1CC(O)c1cccc(F)c1Cl. The fourth-order valence-corrected chi connectivity index (χ4v) is 2.13. The molecule has 0 aliphatic carbocycles. The second-order valence-electron chi connectivity index (χ2n) is 3.99. The van der Waals surface area contributed by atoms with Crippen molar-refractivity contribution < 1.29 is 9.50 Å². The molecule has 18 heavy (non-hydrogen) atoms. The number of halogens is 2. The number of aromatic nitrogens is 2. The molecule has 1 atom stereocenters. The van der Waals surface area contributed by atoms with Gasteiger partial charge in [-0.25, -0.2) is 9.37 Å². The van der Waals surface area contributed by atoms with Crippen molar-refractivity contribution >= 4 is 11.6 Å². The van der Waals surface area contributed by atoms with Gasteiger partial charge in [0.1, 0.15) is 11.6 Å². The van der Waals surface area contributed by atoms with E-state index in [-0.39, 0.29) is 5.02 Å². The molecule has 1 N–H and O–H groups in total. The Hall–Kier alpha value is -1.39. The zero-order valence-electron chi connectivity index (χ0n) is 9.98. The lowest BCUT2D eigenvalue weighted by Gasteiger charge is -2.13. The molecule has 1 aromatic carbocycles. The van der Waals surface area contributed by atoms with Crippen molar-refractivity contribution in [1.82, 2.24) is 9.55 Å². The van der Waals surface area contributed by atoms with Crippen LogP contribution >= 0.6 is 11.6 Å². The van der Waals surface area contributed by atoms with Gasteiger partial charge in [0.2, 0.25) is 0 Å². The zero-order valence-corrected chi connectivity index (χ0v) is 10.7. The van der Waals surface area contributed by atoms with Gasteiger partial charge in [0.15, 0.2) is 0 Å². The maximum atomic E-state index is 13.3. The first-order chi connectivity index (χ1) is 8.63. The predicted octanol–water partition coefficient (Wildman–Crippen LogP) is 2.97. The Bertz CT molecular complexity index is 542. The molecular formula is C13H14ClFN2O. The van der Waals surface area contributed by atoms with E-state index in [9.17, 15) is 9.50 Å². The summed E-state index contributed by atoms with van der Waals surface area (Å²) in [6, 6.07) is 4.42. The Kier molecular flexibility index (Phi) is 3.99. The second-order valence-corrected chi connectivity index (χ2v) is 4.37. The Labute approximate surface area is 110 Å². The lowest BCUT2D eigenvalue weighted by molar-refractivity contribution is 0.174. The van der Waals surface area contributed by atoms with Crippen molar-refractivity contribution in [3.05, 3.63) is 52.8 Å². The molecule has 0 spiro atoms. The molecular weight excluding hydrogens is 255 g/mol. The Balaban J connectivity index is 2.22. The van der Waals surface area contributed by atoms with Gasteiger partial charge in [0.25, 0.3) is 0 Å². The summed E-state index contributed by atoms with van der Waals surface area (Å²) in [6.07, 6.45) is 2.97. The number of aliphatic hydroxyl groups is 1. The first kappa shape index (κ1) is 13.1. The molecule has 0 aliphatic rings. The Morgan fingerprint density at radius 3 is 3.00 bits per heavy atom. The second kappa shape index (κ2) is 5.50. The van der Waals surface area contributed by atoms with Crippen LogP contribution in [0.25, 0.3) is 0 Å². The molecule has 0 amide bonds. The van der Waals surface area contributed by atoms with Crippen LogP contribution in [0, 0.1) is 5.82 Å². The third-order valence-electron chi connectivity index (χ3n) is 2.86. The van der Waals surface area contributed by atoms with E-state index in [1.54, 1.807) is 12.3 Å². The number of hydrogen-bond acceptors (Lipinski definition) is 2. The lowest BCUT2D eigenvalue weighted by atomic mass is 10.1. The average Bonchev–Trinajstić information content (AvgIpc) is 2.79. The Morgan fingerprint density at radius 2 is 2.28 bits per heavy atom. The van der Waals surface area contributed by atoms with Gasteiger partial charge in [-0.2, -0.15) is 0 Å². The molecule has 2 aromatic rings. The highest BCUT2D eigenvalue weighted by atomic mass is 35.5. The molecule has 5 heteroatoms. The molecule has 0 radical (unpaired) electrons. The van der Waals surface area contributed by atoms with Crippen molar-refractivity contribution in [3.63, 3.8) is 0 Å². The Morgan fingerprint density at radius 1 is 1.50 bits per heavy atom. The van der Waals surface area contributed by atoms with Gasteiger partial charge < -0.3 is 9.67 Å². The smallest absolute Gasteiger partial charge is 0.142 e. The molecule has 0 aliphatic heterocycles. The number of aryl methyl sites for hydroxylation is 1. The standard InChI is InChI=1S/C13H14ClFN2O/c1-2-17-7-6-16-12(17)8-11(18)9-4-3-5-10(15)13(9)14/h3-7,11,18H,2,8H2,1H3. The van der Waals surface area contributed by atoms with E-state index in [0.717, 1.165) is 12.4 Å². The van der Waals surface area contributed by atoms with Crippen molar-refractivity contribution in [2.45, 2.75) is 26.0 Å². The van der Waals surface area contributed by atoms with Crippen LogP contribution in [0.5, 0.6) is 0 Å². The summed E-state index contributed by atoms with van der Waals surface area (Å²) in [7, 11) is 0. The van der Waals surface area contributed by atoms with Crippen molar-refractivity contribution in [2.75, 3.05) is 0 Å². The van der Waals surface area contributed by atoms with E-state index < -0.39 is 11.9 Å². The van der Waals surface area contributed by atoms with Gasteiger partial charge in [0.05, 0.1) is 11.1 Å². The minimum atomic E-state index is -0.860. The van der Waals surface area contributed by atoms with Crippen LogP contribution in [0.3, 0.4) is 0 Å². The first-order valence-electron chi connectivity index (χ1n) is 5.75. The van der Waals surface area contributed by atoms with Gasteiger partial charge in [-0.15, -0.1) is 0 Å². The normalized spacial score (nSPS) is 12.7. The molecule has 2 rings (SSSR count). The van der Waals surface area contributed by atoms with E-state index in [1.807, 2.05) is 17.7 Å². The van der Waals surface area contributed by atoms with Crippen LogP contribution in [0.1, 0.15) is 24.4 Å². The molecule has 96 valence electrons. The number of benzene rings is 1. The maximum Gasteiger partial charge on any atom is 0.142 e. The quantitative estimate of drug-likeness (QED) is 0.926. The summed E-state index contributed by atoms with van der Waals surface area (Å²) < 4.78 is 15.2. The minimum absolute atomic E-state index is 0.0281. The van der Waals surface area contributed by atoms with E-state index in [2.05, 4.69) is 4.98 Å². The van der Waals surface area contributed by atoms with E-state index in [4.69, 9.17) is 11.6 Å². The van der Waals surface area contributed by atoms with Crippen LogP contribution in [-0.4, -0.2) is 14.7 Å². The predicted molar refractivity (Wildman–Crippen MR) is 68.0 cm³/mol. The number of hydrogen-bond donors (Lipinski definition) is 1. The molecule has 1 aromatic heterocycles. The van der Waals surface area contributed by atoms with Crippen LogP contribution in [0.4, 0.5) is 4.39 Å². The van der Waals surface area contributed by atoms with E-state index in [1.165, 1.54) is 12.1 Å². The van der Waals surface area contributed by atoms with Crippen LogP contribution < -0.4 is 0 Å². The molecule has 0 fully saturated rings. The number of rotatable bonds is 4. The van der Waals surface area contributed by atoms with Gasteiger partial charge >= 0.3 is 0 Å². The van der Waals surface area contributed by atoms with Crippen molar-refractivity contribution in [3.8, 4) is 0 Å². The van der Waals surface area contributed by atoms with E-state index >= 15 is 0 Å². The number of imidazole rings is 1. The first-order valence-corrected chi connectivity index (χ1v) is 6.13. The summed E-state index contributed by atoms with van der Waals surface area (Å²) in [6.45, 7) is 2.77. The van der Waals surface area contributed by atoms with Crippen molar-refractivity contribution in [2.24, 2.45) is 0 Å². The molecule has 3 nitrogen and oxygen atoms in total. The highest BCUT2D eigenvalue weighted by molar-refractivity contribution is 6.31. The fraction of sp³-hybridized carbons (Fsp3) is 0.308. The third kappa shape index (κ3) is 2.54. The molecule has 0 bridgehead atoms. The minimum Gasteiger partial charge on any atom is -0.388 e. The third-order valence-corrected chi connectivity index (χ3v) is 3.26. The van der Waals surface area contributed by atoms with Gasteiger partial charge in [-0.1, -0.05) is 23.7 Å². The largest absolute Gasteiger partial charge is 0.388 e. The topological polar surface area (TPSA) is 38.0 Å². The van der Waals surface area contributed by atoms with E-state index in [0.29, 0.717) is 12.0 Å². The summed E-state index contributed by atoms with van der Waals surface area (Å²) in [5.74, 6) is 0.234. The van der Waals surface area contributed by atoms with Crippen LogP contribution in [0.15, 0.2) is 30.6 Å². The highest BCUT2D eigenvalue weighted by Gasteiger charge is 2.16. The maximum absolute atomic E-state index is 13.3. The molecule has 0 saturated carbocycles. The summed E-state index contributed by atoms with van der Waals surface area (Å²) in [4.78, 5) is 4.17. The van der Waals surface area contributed by atoms with Crippen molar-refractivity contribution in [1.29, 1.82) is 0 Å². The summed E-state index contributed by atoms with van der Waals surface area (Å²) in [5.41, 5.74) is 0.391. The van der Waals surface area contributed by atoms with Crippen LogP contribution in [0.2, 0.25) is 5.02 Å². The van der Waals surface area contributed by atoms with Gasteiger partial charge in [-0.3, -0.25) is 0 Å². The molecule has 0 saturated heterocycles. The highest BCUT2D eigenvalue weighted by Crippen LogP contribution is 2.27. The molecule has 1 heterocycles. The fourth-order valence-electron chi connectivity index (χ4n) is 1.88. The van der Waals surface area contributed by atoms with Crippen LogP contribution in [-0.2, 0) is 13.0 Å². The monoisotopic (exact) mass is 268 g/mol. The molecule has 1 unspecified atom stereocenters. The number of nitrogens with zero attached hydrogens (tertiary/aromatic N) is 2. The average molecular weight is 269 g/mol. The zero-order chi connectivity index (χ0) is 13.1. The lowest BCUT2D eigenvalue weighted by Crippen LogP contribution is -2.09. The number of aliphatic hydroxyl groups excluding tert-OH is 1. The van der Waals surface area contributed by atoms with Gasteiger partial charge in [-0.05, 0) is 13.0 Å². The summed E-state index contributed by atoms with van der Waals surface area (Å²) in [5, 5.41) is 10.1. The summed E-state index contributed by atoms with van der Waals surface area (Å²) >= 11 is 5.84. The van der Waals surface area contributed by atoms with Gasteiger partial charge in [0, 0.05) is 30.9 Å².